The number of rotatable bonds is 8. The highest BCUT2D eigenvalue weighted by atomic mass is 32.2. The number of ether oxygens (including phenoxy) is 1. The standard InChI is InChI=1S/C19H22N4O3S/c1-13(27-19-22-21-18(25)23(19)10-5-11-26-2)17(24)20-16-9-8-14-6-3-4-7-15(14)12-16/h3-4,6-9,12-13H,5,10-11H2,1-2H3,(H,20,24)(H,21,25). The summed E-state index contributed by atoms with van der Waals surface area (Å²) in [7, 11) is 1.62. The maximum absolute atomic E-state index is 12.6. The van der Waals surface area contributed by atoms with Gasteiger partial charge in [0.05, 0.1) is 5.25 Å². The van der Waals surface area contributed by atoms with Gasteiger partial charge in [0, 0.05) is 25.9 Å². The molecule has 7 nitrogen and oxygen atoms in total. The van der Waals surface area contributed by atoms with Crippen LogP contribution in [-0.2, 0) is 16.1 Å². The Bertz CT molecular complexity index is 982. The second-order valence-corrected chi connectivity index (χ2v) is 7.43. The average molecular weight is 386 g/mol. The van der Waals surface area contributed by atoms with Gasteiger partial charge in [0.2, 0.25) is 5.91 Å². The van der Waals surface area contributed by atoms with Gasteiger partial charge in [0.1, 0.15) is 0 Å². The summed E-state index contributed by atoms with van der Waals surface area (Å²) in [6.45, 7) is 2.84. The SMILES string of the molecule is COCCCn1c(SC(C)C(=O)Nc2ccc3ccccc3c2)n[nH]c1=O. The van der Waals surface area contributed by atoms with Crippen LogP contribution in [0.5, 0.6) is 0 Å². The van der Waals surface area contributed by atoms with Gasteiger partial charge in [-0.15, -0.1) is 5.10 Å². The summed E-state index contributed by atoms with van der Waals surface area (Å²) in [6.07, 6.45) is 0.696. The number of carbonyl (C=O) groups excluding carboxylic acids is 1. The van der Waals surface area contributed by atoms with Crippen LogP contribution >= 0.6 is 11.8 Å². The Kier molecular flexibility index (Phi) is 6.31. The predicted molar refractivity (Wildman–Crippen MR) is 107 cm³/mol. The normalized spacial score (nSPS) is 12.2. The van der Waals surface area contributed by atoms with Gasteiger partial charge in [-0.25, -0.2) is 9.89 Å². The van der Waals surface area contributed by atoms with Crippen LogP contribution in [0.1, 0.15) is 13.3 Å². The average Bonchev–Trinajstić information content (AvgIpc) is 3.01. The fourth-order valence-electron chi connectivity index (χ4n) is 2.68. The minimum Gasteiger partial charge on any atom is -0.385 e. The van der Waals surface area contributed by atoms with Crippen molar-refractivity contribution in [3.8, 4) is 0 Å². The smallest absolute Gasteiger partial charge is 0.343 e. The Morgan fingerprint density at radius 1 is 1.30 bits per heavy atom. The molecule has 0 saturated heterocycles. The highest BCUT2D eigenvalue weighted by Gasteiger charge is 2.19. The van der Waals surface area contributed by atoms with Crippen LogP contribution in [0.3, 0.4) is 0 Å². The van der Waals surface area contributed by atoms with E-state index in [0.29, 0.717) is 24.7 Å². The Labute approximate surface area is 161 Å². The first-order valence-electron chi connectivity index (χ1n) is 8.69. The molecule has 1 heterocycles. The maximum Gasteiger partial charge on any atom is 0.343 e. The van der Waals surface area contributed by atoms with Crippen molar-refractivity contribution in [1.82, 2.24) is 14.8 Å². The van der Waals surface area contributed by atoms with Gasteiger partial charge >= 0.3 is 5.69 Å². The molecule has 1 unspecified atom stereocenters. The Morgan fingerprint density at radius 3 is 2.85 bits per heavy atom. The predicted octanol–water partition coefficient (Wildman–Crippen LogP) is 2.88. The Morgan fingerprint density at radius 2 is 2.07 bits per heavy atom. The van der Waals surface area contributed by atoms with Crippen LogP contribution in [0.25, 0.3) is 10.8 Å². The van der Waals surface area contributed by atoms with Crippen LogP contribution in [0.15, 0.2) is 52.4 Å². The van der Waals surface area contributed by atoms with Crippen molar-refractivity contribution >= 4 is 34.1 Å². The third-order valence-electron chi connectivity index (χ3n) is 4.12. The number of hydrogen-bond acceptors (Lipinski definition) is 5. The molecule has 0 fully saturated rings. The van der Waals surface area contributed by atoms with E-state index in [1.165, 1.54) is 16.3 Å². The molecule has 3 aromatic rings. The number of hydrogen-bond donors (Lipinski definition) is 2. The van der Waals surface area contributed by atoms with E-state index in [4.69, 9.17) is 4.74 Å². The highest BCUT2D eigenvalue weighted by Crippen LogP contribution is 2.23. The lowest BCUT2D eigenvalue weighted by atomic mass is 10.1. The monoisotopic (exact) mass is 386 g/mol. The summed E-state index contributed by atoms with van der Waals surface area (Å²) in [4.78, 5) is 24.4. The van der Waals surface area contributed by atoms with E-state index in [1.54, 1.807) is 14.0 Å². The third kappa shape index (κ3) is 4.78. The number of nitrogens with one attached hydrogen (secondary N) is 2. The summed E-state index contributed by atoms with van der Waals surface area (Å²) in [6, 6.07) is 13.8. The lowest BCUT2D eigenvalue weighted by Gasteiger charge is -2.12. The minimum atomic E-state index is -0.409. The lowest BCUT2D eigenvalue weighted by Crippen LogP contribution is -2.24. The molecule has 0 bridgehead atoms. The van der Waals surface area contributed by atoms with Gasteiger partial charge in [-0.3, -0.25) is 9.36 Å². The molecule has 0 spiro atoms. The second-order valence-electron chi connectivity index (χ2n) is 6.12. The first kappa shape index (κ1) is 19.2. The zero-order valence-electron chi connectivity index (χ0n) is 15.3. The van der Waals surface area contributed by atoms with Gasteiger partial charge in [-0.2, -0.15) is 0 Å². The van der Waals surface area contributed by atoms with Crippen molar-refractivity contribution < 1.29 is 9.53 Å². The molecule has 1 amide bonds. The molecule has 1 atom stereocenters. The first-order valence-corrected chi connectivity index (χ1v) is 9.57. The van der Waals surface area contributed by atoms with Gasteiger partial charge in [0.25, 0.3) is 0 Å². The zero-order valence-corrected chi connectivity index (χ0v) is 16.1. The molecule has 0 saturated carbocycles. The van der Waals surface area contributed by atoms with Crippen LogP contribution < -0.4 is 11.0 Å². The van der Waals surface area contributed by atoms with Crippen molar-refractivity contribution in [3.05, 3.63) is 52.9 Å². The number of amides is 1. The number of carbonyl (C=O) groups is 1. The van der Waals surface area contributed by atoms with E-state index in [0.717, 1.165) is 16.5 Å². The van der Waals surface area contributed by atoms with E-state index >= 15 is 0 Å². The van der Waals surface area contributed by atoms with Gasteiger partial charge in [0.15, 0.2) is 5.16 Å². The molecule has 142 valence electrons. The largest absolute Gasteiger partial charge is 0.385 e. The van der Waals surface area contributed by atoms with Crippen LogP contribution in [0.4, 0.5) is 5.69 Å². The number of fused-ring (bicyclic) bond motifs is 1. The first-order chi connectivity index (χ1) is 13.1. The topological polar surface area (TPSA) is 89.0 Å². The molecule has 2 aromatic carbocycles. The number of anilines is 1. The molecule has 2 N–H and O–H groups in total. The Balaban J connectivity index is 1.66. The highest BCUT2D eigenvalue weighted by molar-refractivity contribution is 8.00. The molecule has 0 aliphatic carbocycles. The fourth-order valence-corrected chi connectivity index (χ4v) is 3.56. The van der Waals surface area contributed by atoms with Crippen molar-refractivity contribution in [1.29, 1.82) is 0 Å². The van der Waals surface area contributed by atoms with E-state index in [9.17, 15) is 9.59 Å². The third-order valence-corrected chi connectivity index (χ3v) is 5.21. The minimum absolute atomic E-state index is 0.144. The molecule has 27 heavy (non-hydrogen) atoms. The lowest BCUT2D eigenvalue weighted by molar-refractivity contribution is -0.115. The number of thioether (sulfide) groups is 1. The summed E-state index contributed by atoms with van der Waals surface area (Å²) >= 11 is 1.25. The number of nitrogens with zero attached hydrogens (tertiary/aromatic N) is 2. The molecule has 0 aliphatic heterocycles. The summed E-state index contributed by atoms with van der Waals surface area (Å²) in [5.74, 6) is -0.144. The van der Waals surface area contributed by atoms with Crippen molar-refractivity contribution in [3.63, 3.8) is 0 Å². The molecule has 0 radical (unpaired) electrons. The van der Waals surface area contributed by atoms with E-state index in [2.05, 4.69) is 15.5 Å². The van der Waals surface area contributed by atoms with Gasteiger partial charge in [-0.1, -0.05) is 42.1 Å². The summed E-state index contributed by atoms with van der Waals surface area (Å²) in [5.41, 5.74) is 0.460. The number of benzene rings is 2. The van der Waals surface area contributed by atoms with Gasteiger partial charge < -0.3 is 10.1 Å². The summed E-state index contributed by atoms with van der Waals surface area (Å²) < 4.78 is 6.55. The maximum atomic E-state index is 12.6. The second kappa shape index (κ2) is 8.88. The molecule has 8 heteroatoms. The van der Waals surface area contributed by atoms with Crippen molar-refractivity contribution in [2.75, 3.05) is 19.0 Å². The van der Waals surface area contributed by atoms with Gasteiger partial charge in [-0.05, 0) is 36.2 Å². The fraction of sp³-hybridized carbons (Fsp3) is 0.316. The molecule has 0 aliphatic rings. The van der Waals surface area contributed by atoms with E-state index < -0.39 is 5.25 Å². The molecular formula is C19H22N4O3S. The zero-order chi connectivity index (χ0) is 19.2. The Hall–Kier alpha value is -2.58. The summed E-state index contributed by atoms with van der Waals surface area (Å²) in [5, 5.41) is 11.7. The quantitative estimate of drug-likeness (QED) is 0.459. The molecule has 3 rings (SSSR count). The number of methoxy groups -OCH3 is 1. The van der Waals surface area contributed by atoms with Crippen LogP contribution in [0.2, 0.25) is 0 Å². The van der Waals surface area contributed by atoms with E-state index in [-0.39, 0.29) is 11.6 Å². The molecular weight excluding hydrogens is 364 g/mol. The number of H-pyrrole nitrogens is 1. The van der Waals surface area contributed by atoms with Crippen LogP contribution in [-0.4, -0.2) is 39.6 Å². The number of aromatic nitrogens is 3. The van der Waals surface area contributed by atoms with Crippen molar-refractivity contribution in [2.24, 2.45) is 0 Å². The molecule has 1 aromatic heterocycles. The number of aromatic amines is 1. The van der Waals surface area contributed by atoms with E-state index in [1.807, 2.05) is 42.5 Å². The van der Waals surface area contributed by atoms with Crippen molar-refractivity contribution in [2.45, 2.75) is 30.3 Å². The van der Waals surface area contributed by atoms with Crippen LogP contribution in [0, 0.1) is 0 Å².